The number of fused-ring (bicyclic) bond motifs is 1. The molecule has 27 heavy (non-hydrogen) atoms. The van der Waals surface area contributed by atoms with Crippen LogP contribution in [0.3, 0.4) is 0 Å². The van der Waals surface area contributed by atoms with Crippen molar-refractivity contribution in [3.8, 4) is 17.3 Å². The van der Waals surface area contributed by atoms with E-state index in [2.05, 4.69) is 29.3 Å². The molecule has 0 saturated heterocycles. The molecule has 5 heteroatoms. The molecule has 2 nitrogen and oxygen atoms in total. The van der Waals surface area contributed by atoms with E-state index in [9.17, 15) is 5.26 Å². The number of nitriles is 1. The molecule has 4 aromatic rings. The number of nitrogens with zero attached hydrogens (tertiary/aromatic N) is 2. The number of thiazole rings is 1. The summed E-state index contributed by atoms with van der Waals surface area (Å²) in [6.07, 6.45) is 1.89. The molecular weight excluding hydrogens is 395 g/mol. The molecular formula is C22H12Cl2N2S. The summed E-state index contributed by atoms with van der Waals surface area (Å²) in [5.74, 6) is 0. The molecule has 0 N–H and O–H groups in total. The van der Waals surface area contributed by atoms with Crippen molar-refractivity contribution < 1.29 is 0 Å². The van der Waals surface area contributed by atoms with Crippen LogP contribution in [0, 0.1) is 11.3 Å². The Balaban J connectivity index is 1.75. The Morgan fingerprint density at radius 1 is 1.00 bits per heavy atom. The van der Waals surface area contributed by atoms with Gasteiger partial charge in [-0.05, 0) is 34.5 Å². The van der Waals surface area contributed by atoms with Gasteiger partial charge in [-0.2, -0.15) is 5.26 Å². The van der Waals surface area contributed by atoms with E-state index in [1.54, 1.807) is 12.1 Å². The number of rotatable bonds is 3. The van der Waals surface area contributed by atoms with Crippen molar-refractivity contribution in [2.75, 3.05) is 0 Å². The molecule has 1 aromatic heterocycles. The smallest absolute Gasteiger partial charge is 0.134 e. The lowest BCUT2D eigenvalue weighted by atomic mass is 10.0. The Kier molecular flexibility index (Phi) is 4.96. The molecule has 0 atom stereocenters. The summed E-state index contributed by atoms with van der Waals surface area (Å²) in [5, 5.41) is 15.5. The Bertz CT molecular complexity index is 1210. The summed E-state index contributed by atoms with van der Waals surface area (Å²) in [7, 11) is 0. The highest BCUT2D eigenvalue weighted by atomic mass is 35.5. The van der Waals surface area contributed by atoms with E-state index in [1.165, 1.54) is 11.3 Å². The van der Waals surface area contributed by atoms with Gasteiger partial charge >= 0.3 is 0 Å². The van der Waals surface area contributed by atoms with E-state index in [1.807, 2.05) is 41.8 Å². The molecule has 4 rings (SSSR count). The average molecular weight is 407 g/mol. The topological polar surface area (TPSA) is 36.7 Å². The van der Waals surface area contributed by atoms with Crippen LogP contribution in [0.25, 0.3) is 33.7 Å². The minimum atomic E-state index is 0.482. The Morgan fingerprint density at radius 3 is 2.63 bits per heavy atom. The van der Waals surface area contributed by atoms with E-state index in [0.29, 0.717) is 20.6 Å². The molecule has 0 spiro atoms. The third-order valence-corrected chi connectivity index (χ3v) is 5.81. The number of hydrogen-bond acceptors (Lipinski definition) is 3. The van der Waals surface area contributed by atoms with Gasteiger partial charge < -0.3 is 0 Å². The average Bonchev–Trinajstić information content (AvgIpc) is 3.18. The van der Waals surface area contributed by atoms with Crippen LogP contribution >= 0.6 is 34.5 Å². The first-order valence-corrected chi connectivity index (χ1v) is 9.80. The maximum absolute atomic E-state index is 9.68. The minimum Gasteiger partial charge on any atom is -0.235 e. The van der Waals surface area contributed by atoms with Gasteiger partial charge in [0.25, 0.3) is 0 Å². The summed E-state index contributed by atoms with van der Waals surface area (Å²) in [5.41, 5.74) is 3.17. The number of benzene rings is 3. The number of halogens is 2. The lowest BCUT2D eigenvalue weighted by Crippen LogP contribution is -1.84. The van der Waals surface area contributed by atoms with Gasteiger partial charge in [-0.1, -0.05) is 71.7 Å². The molecule has 3 aromatic carbocycles. The Labute approximate surface area is 170 Å². The standard InChI is InChI=1S/C22H12Cl2N2S/c23-19-9-8-16(11-20(19)24)21-13-27-22(26-21)17(12-25)10-15-6-3-5-14-4-1-2-7-18(14)15/h1-11,13H. The number of hydrogen-bond donors (Lipinski definition) is 0. The van der Waals surface area contributed by atoms with Crippen LogP contribution < -0.4 is 0 Å². The van der Waals surface area contributed by atoms with E-state index < -0.39 is 0 Å². The highest BCUT2D eigenvalue weighted by molar-refractivity contribution is 7.11. The highest BCUT2D eigenvalue weighted by Gasteiger charge is 2.11. The van der Waals surface area contributed by atoms with Crippen molar-refractivity contribution in [2.45, 2.75) is 0 Å². The van der Waals surface area contributed by atoms with Crippen LogP contribution in [0.15, 0.2) is 66.0 Å². The first-order chi connectivity index (χ1) is 13.2. The SMILES string of the molecule is N#CC(=Cc1cccc2ccccc12)c1nc(-c2ccc(Cl)c(Cl)c2)cs1. The second kappa shape index (κ2) is 7.54. The zero-order valence-corrected chi connectivity index (χ0v) is 16.3. The predicted molar refractivity (Wildman–Crippen MR) is 115 cm³/mol. The summed E-state index contributed by atoms with van der Waals surface area (Å²) in [6.45, 7) is 0. The van der Waals surface area contributed by atoms with Crippen LogP contribution in [0.5, 0.6) is 0 Å². The van der Waals surface area contributed by atoms with Gasteiger partial charge in [0, 0.05) is 10.9 Å². The zero-order valence-electron chi connectivity index (χ0n) is 14.0. The quantitative estimate of drug-likeness (QED) is 0.333. The largest absolute Gasteiger partial charge is 0.235 e. The second-order valence-corrected chi connectivity index (χ2v) is 7.58. The van der Waals surface area contributed by atoms with Crippen LogP contribution in [0.4, 0.5) is 0 Å². The Morgan fingerprint density at radius 2 is 1.81 bits per heavy atom. The molecule has 0 aliphatic rings. The van der Waals surface area contributed by atoms with Crippen LogP contribution in [0.2, 0.25) is 10.0 Å². The third kappa shape index (κ3) is 3.61. The van der Waals surface area contributed by atoms with Crippen molar-refractivity contribution in [3.63, 3.8) is 0 Å². The van der Waals surface area contributed by atoms with Gasteiger partial charge in [0.2, 0.25) is 0 Å². The third-order valence-electron chi connectivity index (χ3n) is 4.19. The lowest BCUT2D eigenvalue weighted by Gasteiger charge is -2.02. The van der Waals surface area contributed by atoms with E-state index in [-0.39, 0.29) is 0 Å². The Hall–Kier alpha value is -2.64. The van der Waals surface area contributed by atoms with Crippen LogP contribution in [-0.4, -0.2) is 4.98 Å². The summed E-state index contributed by atoms with van der Waals surface area (Å²) in [4.78, 5) is 4.62. The van der Waals surface area contributed by atoms with E-state index >= 15 is 0 Å². The molecule has 130 valence electrons. The first kappa shape index (κ1) is 17.8. The molecule has 1 heterocycles. The van der Waals surface area contributed by atoms with Gasteiger partial charge in [0.05, 0.1) is 21.3 Å². The van der Waals surface area contributed by atoms with Crippen molar-refractivity contribution in [1.29, 1.82) is 5.26 Å². The fourth-order valence-corrected chi connectivity index (χ4v) is 3.95. The van der Waals surface area contributed by atoms with E-state index in [4.69, 9.17) is 23.2 Å². The number of allylic oxidation sites excluding steroid dienone is 1. The van der Waals surface area contributed by atoms with Gasteiger partial charge in [-0.3, -0.25) is 0 Å². The fraction of sp³-hybridized carbons (Fsp3) is 0. The minimum absolute atomic E-state index is 0.482. The van der Waals surface area contributed by atoms with E-state index in [0.717, 1.165) is 27.6 Å². The number of aromatic nitrogens is 1. The van der Waals surface area contributed by atoms with Crippen LogP contribution in [0.1, 0.15) is 10.6 Å². The molecule has 0 radical (unpaired) electrons. The van der Waals surface area contributed by atoms with Crippen molar-refractivity contribution in [1.82, 2.24) is 4.98 Å². The molecule has 0 aliphatic carbocycles. The summed E-state index contributed by atoms with van der Waals surface area (Å²) in [6, 6.07) is 21.9. The van der Waals surface area contributed by atoms with Gasteiger partial charge in [0.1, 0.15) is 11.1 Å². The fourth-order valence-electron chi connectivity index (χ4n) is 2.86. The lowest BCUT2D eigenvalue weighted by molar-refractivity contribution is 1.37. The molecule has 0 bridgehead atoms. The molecule has 0 unspecified atom stereocenters. The maximum Gasteiger partial charge on any atom is 0.134 e. The van der Waals surface area contributed by atoms with Crippen molar-refractivity contribution in [2.24, 2.45) is 0 Å². The van der Waals surface area contributed by atoms with Gasteiger partial charge in [-0.15, -0.1) is 11.3 Å². The monoisotopic (exact) mass is 406 g/mol. The molecule has 0 saturated carbocycles. The summed E-state index contributed by atoms with van der Waals surface area (Å²) >= 11 is 13.5. The maximum atomic E-state index is 9.68. The first-order valence-electron chi connectivity index (χ1n) is 8.16. The zero-order chi connectivity index (χ0) is 18.8. The molecule has 0 fully saturated rings. The van der Waals surface area contributed by atoms with Gasteiger partial charge in [0.15, 0.2) is 0 Å². The predicted octanol–water partition coefficient (Wildman–Crippen LogP) is 7.33. The second-order valence-electron chi connectivity index (χ2n) is 5.90. The summed E-state index contributed by atoms with van der Waals surface area (Å²) < 4.78 is 0. The molecule has 0 aliphatic heterocycles. The van der Waals surface area contributed by atoms with Gasteiger partial charge in [-0.25, -0.2) is 4.98 Å². The van der Waals surface area contributed by atoms with Crippen LogP contribution in [-0.2, 0) is 0 Å². The normalized spacial score (nSPS) is 11.5. The molecule has 0 amide bonds. The highest BCUT2D eigenvalue weighted by Crippen LogP contribution is 2.32. The van der Waals surface area contributed by atoms with Crippen molar-refractivity contribution >= 4 is 57.0 Å². The van der Waals surface area contributed by atoms with Crippen molar-refractivity contribution in [3.05, 3.63) is 86.7 Å².